The Labute approximate surface area is 166 Å². The first kappa shape index (κ1) is 19.6. The van der Waals surface area contributed by atoms with Crippen LogP contribution in [0.4, 0.5) is 0 Å². The van der Waals surface area contributed by atoms with E-state index in [1.54, 1.807) is 13.2 Å². The van der Waals surface area contributed by atoms with Gasteiger partial charge < -0.3 is 19.9 Å². The molecule has 3 rings (SSSR count). The summed E-state index contributed by atoms with van der Waals surface area (Å²) in [7, 11) is 1.78. The van der Waals surface area contributed by atoms with Crippen molar-refractivity contribution in [2.45, 2.75) is 25.9 Å². The minimum Gasteiger partial charge on any atom is -0.493 e. The van der Waals surface area contributed by atoms with Gasteiger partial charge >= 0.3 is 0 Å². The number of nitrogens with one attached hydrogen (secondary N) is 2. The first-order chi connectivity index (χ1) is 11.8. The minimum atomic E-state index is 0. The first-order valence-electron chi connectivity index (χ1n) is 8.46. The van der Waals surface area contributed by atoms with Gasteiger partial charge in [-0.1, -0.05) is 18.2 Å². The molecule has 1 aliphatic rings. The Balaban J connectivity index is 0.00000225. The number of benzene rings is 1. The summed E-state index contributed by atoms with van der Waals surface area (Å²) in [4.78, 5) is 8.30. The van der Waals surface area contributed by atoms with Crippen molar-refractivity contribution in [3.8, 4) is 5.75 Å². The number of hydrogen-bond donors (Lipinski definition) is 2. The molecule has 0 atom stereocenters. The van der Waals surface area contributed by atoms with E-state index in [2.05, 4.69) is 26.7 Å². The molecule has 0 bridgehead atoms. The largest absolute Gasteiger partial charge is 0.493 e. The van der Waals surface area contributed by atoms with Gasteiger partial charge in [-0.2, -0.15) is 0 Å². The SMILES string of the molecule is CN=C(NCCn1ccnc1)NCc1ccccc1OCC1CC1.I. The van der Waals surface area contributed by atoms with Gasteiger partial charge in [0, 0.05) is 44.6 Å². The smallest absolute Gasteiger partial charge is 0.191 e. The van der Waals surface area contributed by atoms with Crippen LogP contribution in [0.3, 0.4) is 0 Å². The minimum absolute atomic E-state index is 0. The molecule has 0 unspecified atom stereocenters. The summed E-state index contributed by atoms with van der Waals surface area (Å²) in [6.45, 7) is 3.15. The zero-order valence-electron chi connectivity index (χ0n) is 14.5. The summed E-state index contributed by atoms with van der Waals surface area (Å²) >= 11 is 0. The van der Waals surface area contributed by atoms with E-state index < -0.39 is 0 Å². The van der Waals surface area contributed by atoms with Gasteiger partial charge in [-0.3, -0.25) is 4.99 Å². The Kier molecular flexibility index (Phi) is 8.03. The molecule has 1 aliphatic carbocycles. The number of aromatic nitrogens is 2. The summed E-state index contributed by atoms with van der Waals surface area (Å²) in [5.41, 5.74) is 1.15. The van der Waals surface area contributed by atoms with E-state index in [-0.39, 0.29) is 24.0 Å². The third-order valence-corrected chi connectivity index (χ3v) is 4.04. The van der Waals surface area contributed by atoms with Crippen LogP contribution in [-0.4, -0.2) is 35.7 Å². The van der Waals surface area contributed by atoms with E-state index in [1.165, 1.54) is 12.8 Å². The molecule has 2 aromatic rings. The summed E-state index contributed by atoms with van der Waals surface area (Å²) < 4.78 is 7.98. The van der Waals surface area contributed by atoms with Gasteiger partial charge in [-0.25, -0.2) is 4.98 Å². The van der Waals surface area contributed by atoms with Crippen LogP contribution >= 0.6 is 24.0 Å². The van der Waals surface area contributed by atoms with Gasteiger partial charge in [0.1, 0.15) is 5.75 Å². The molecule has 2 N–H and O–H groups in total. The highest BCUT2D eigenvalue weighted by molar-refractivity contribution is 14.0. The van der Waals surface area contributed by atoms with Crippen LogP contribution in [0, 0.1) is 5.92 Å². The lowest BCUT2D eigenvalue weighted by Gasteiger charge is -2.15. The maximum absolute atomic E-state index is 5.95. The van der Waals surface area contributed by atoms with Crippen LogP contribution in [0.2, 0.25) is 0 Å². The number of nitrogens with zero attached hydrogens (tertiary/aromatic N) is 3. The van der Waals surface area contributed by atoms with Crippen molar-refractivity contribution < 1.29 is 4.74 Å². The van der Waals surface area contributed by atoms with E-state index in [4.69, 9.17) is 4.74 Å². The fraction of sp³-hybridized carbons (Fsp3) is 0.444. The monoisotopic (exact) mass is 455 g/mol. The van der Waals surface area contributed by atoms with Crippen molar-refractivity contribution in [2.24, 2.45) is 10.9 Å². The van der Waals surface area contributed by atoms with Crippen LogP contribution in [0.1, 0.15) is 18.4 Å². The van der Waals surface area contributed by atoms with E-state index in [1.807, 2.05) is 35.3 Å². The zero-order chi connectivity index (χ0) is 16.6. The lowest BCUT2D eigenvalue weighted by Crippen LogP contribution is -2.38. The molecule has 1 aromatic carbocycles. The van der Waals surface area contributed by atoms with Crippen molar-refractivity contribution in [3.63, 3.8) is 0 Å². The maximum Gasteiger partial charge on any atom is 0.191 e. The van der Waals surface area contributed by atoms with Crippen molar-refractivity contribution in [2.75, 3.05) is 20.2 Å². The molecule has 0 radical (unpaired) electrons. The Morgan fingerprint density at radius 1 is 1.32 bits per heavy atom. The molecule has 136 valence electrons. The molecule has 1 saturated carbocycles. The Hall–Kier alpha value is -1.77. The van der Waals surface area contributed by atoms with E-state index in [0.29, 0.717) is 6.54 Å². The number of para-hydroxylation sites is 1. The van der Waals surface area contributed by atoms with Crippen LogP contribution in [0.25, 0.3) is 0 Å². The van der Waals surface area contributed by atoms with Crippen LogP contribution in [0.5, 0.6) is 5.75 Å². The lowest BCUT2D eigenvalue weighted by atomic mass is 10.2. The van der Waals surface area contributed by atoms with E-state index in [0.717, 1.165) is 42.9 Å². The van der Waals surface area contributed by atoms with Gasteiger partial charge in [-0.05, 0) is 24.8 Å². The molecule has 25 heavy (non-hydrogen) atoms. The Bertz CT molecular complexity index is 655. The van der Waals surface area contributed by atoms with Crippen LogP contribution in [0.15, 0.2) is 48.0 Å². The molecule has 0 spiro atoms. The predicted molar refractivity (Wildman–Crippen MR) is 111 cm³/mol. The molecule has 0 amide bonds. The van der Waals surface area contributed by atoms with E-state index >= 15 is 0 Å². The van der Waals surface area contributed by atoms with Crippen molar-refractivity contribution in [1.82, 2.24) is 20.2 Å². The average Bonchev–Trinajstić information content (AvgIpc) is 3.30. The highest BCUT2D eigenvalue weighted by Gasteiger charge is 2.22. The van der Waals surface area contributed by atoms with Gasteiger partial charge in [0.2, 0.25) is 0 Å². The lowest BCUT2D eigenvalue weighted by molar-refractivity contribution is 0.296. The molecule has 1 heterocycles. The first-order valence-corrected chi connectivity index (χ1v) is 8.46. The van der Waals surface area contributed by atoms with E-state index in [9.17, 15) is 0 Å². The van der Waals surface area contributed by atoms with Crippen LogP contribution in [-0.2, 0) is 13.1 Å². The van der Waals surface area contributed by atoms with Crippen molar-refractivity contribution in [3.05, 3.63) is 48.5 Å². The second kappa shape index (κ2) is 10.3. The second-order valence-electron chi connectivity index (χ2n) is 6.02. The van der Waals surface area contributed by atoms with Gasteiger partial charge in [-0.15, -0.1) is 24.0 Å². The third-order valence-electron chi connectivity index (χ3n) is 4.04. The standard InChI is InChI=1S/C18H25N5O.HI/c1-19-18(21-9-11-23-10-8-20-14-23)22-12-16-4-2-3-5-17(16)24-13-15-6-7-15;/h2-5,8,10,14-15H,6-7,9,11-13H2,1H3,(H2,19,21,22);1H. The predicted octanol–water partition coefficient (Wildman–Crippen LogP) is 2.66. The number of aliphatic imine (C=N–C) groups is 1. The molecule has 0 aliphatic heterocycles. The quantitative estimate of drug-likeness (QED) is 0.365. The average molecular weight is 455 g/mol. The molecule has 1 aromatic heterocycles. The summed E-state index contributed by atoms with van der Waals surface area (Å²) in [5.74, 6) is 2.50. The van der Waals surface area contributed by atoms with Crippen molar-refractivity contribution >= 4 is 29.9 Å². The Morgan fingerprint density at radius 3 is 2.88 bits per heavy atom. The molecule has 7 heteroatoms. The number of rotatable bonds is 8. The highest BCUT2D eigenvalue weighted by Crippen LogP contribution is 2.30. The fourth-order valence-corrected chi connectivity index (χ4v) is 2.40. The molecule has 6 nitrogen and oxygen atoms in total. The molecule has 0 saturated heterocycles. The fourth-order valence-electron chi connectivity index (χ4n) is 2.40. The summed E-state index contributed by atoms with van der Waals surface area (Å²) in [5, 5.41) is 6.65. The zero-order valence-corrected chi connectivity index (χ0v) is 16.8. The maximum atomic E-state index is 5.95. The molecular weight excluding hydrogens is 429 g/mol. The van der Waals surface area contributed by atoms with Crippen LogP contribution < -0.4 is 15.4 Å². The molecule has 1 fully saturated rings. The topological polar surface area (TPSA) is 63.5 Å². The second-order valence-corrected chi connectivity index (χ2v) is 6.02. The number of hydrogen-bond acceptors (Lipinski definition) is 3. The number of guanidine groups is 1. The van der Waals surface area contributed by atoms with Gasteiger partial charge in [0.25, 0.3) is 0 Å². The van der Waals surface area contributed by atoms with Crippen molar-refractivity contribution in [1.29, 1.82) is 0 Å². The summed E-state index contributed by atoms with van der Waals surface area (Å²) in [6.07, 6.45) is 8.14. The highest BCUT2D eigenvalue weighted by atomic mass is 127. The third kappa shape index (κ3) is 6.56. The normalized spacial score (nSPS) is 13.9. The Morgan fingerprint density at radius 2 is 2.16 bits per heavy atom. The van der Waals surface area contributed by atoms with Gasteiger partial charge in [0.05, 0.1) is 12.9 Å². The summed E-state index contributed by atoms with van der Waals surface area (Å²) in [6, 6.07) is 8.18. The number of imidazole rings is 1. The number of ether oxygens (including phenoxy) is 1. The molecular formula is C18H26IN5O. The van der Waals surface area contributed by atoms with Gasteiger partial charge in [0.15, 0.2) is 5.96 Å². The number of halogens is 1.